The molecule has 0 radical (unpaired) electrons. The van der Waals surface area contributed by atoms with Crippen molar-refractivity contribution in [2.24, 2.45) is 5.84 Å². The third kappa shape index (κ3) is 4.38. The first kappa shape index (κ1) is 14.0. The largest absolute Gasteiger partial charge is 0.308 e. The summed E-state index contributed by atoms with van der Waals surface area (Å²) in [5.41, 5.74) is 2.30. The number of anilines is 1. The number of hydrogen-bond donors (Lipinski definition) is 3. The molecule has 7 nitrogen and oxygen atoms in total. The van der Waals surface area contributed by atoms with Gasteiger partial charge >= 0.3 is 0 Å². The zero-order valence-electron chi connectivity index (χ0n) is 9.21. The standard InChI is InChI=1S/C8H14N4O3S2/c1-16(13)5-4-11-17(14,15)7-2-3-8(12-9)10-6-7/h2-3,6,11H,4-5,9H2,1H3,(H,10,12). The molecule has 4 N–H and O–H groups in total. The number of aromatic nitrogens is 1. The van der Waals surface area contributed by atoms with Gasteiger partial charge in [-0.1, -0.05) is 0 Å². The van der Waals surface area contributed by atoms with Gasteiger partial charge in [0, 0.05) is 35.5 Å². The van der Waals surface area contributed by atoms with Gasteiger partial charge in [-0.05, 0) is 12.1 Å². The van der Waals surface area contributed by atoms with Crippen LogP contribution in [0, 0.1) is 0 Å². The van der Waals surface area contributed by atoms with Gasteiger partial charge in [0.1, 0.15) is 10.7 Å². The van der Waals surface area contributed by atoms with Crippen LogP contribution in [0.25, 0.3) is 0 Å². The molecule has 17 heavy (non-hydrogen) atoms. The Balaban J connectivity index is 2.72. The number of nitrogens with zero attached hydrogens (tertiary/aromatic N) is 1. The average Bonchev–Trinajstić information content (AvgIpc) is 2.28. The number of nitrogen functional groups attached to an aromatic ring is 1. The molecule has 0 aliphatic carbocycles. The van der Waals surface area contributed by atoms with Crippen molar-refractivity contribution in [2.75, 3.05) is 24.0 Å². The van der Waals surface area contributed by atoms with E-state index in [1.165, 1.54) is 24.6 Å². The first-order chi connectivity index (χ1) is 7.95. The van der Waals surface area contributed by atoms with Crippen LogP contribution in [0.3, 0.4) is 0 Å². The van der Waals surface area contributed by atoms with Crippen molar-refractivity contribution in [3.63, 3.8) is 0 Å². The molecule has 0 bridgehead atoms. The molecule has 96 valence electrons. The monoisotopic (exact) mass is 278 g/mol. The number of hydrazine groups is 1. The number of pyridine rings is 1. The number of sulfonamides is 1. The van der Waals surface area contributed by atoms with Crippen molar-refractivity contribution in [1.29, 1.82) is 0 Å². The summed E-state index contributed by atoms with van der Waals surface area (Å²) >= 11 is 0. The van der Waals surface area contributed by atoms with E-state index in [9.17, 15) is 12.6 Å². The molecule has 0 saturated heterocycles. The molecule has 1 aromatic rings. The molecule has 0 fully saturated rings. The van der Waals surface area contributed by atoms with Crippen molar-refractivity contribution >= 4 is 26.6 Å². The lowest BCUT2D eigenvalue weighted by Crippen LogP contribution is -2.27. The fourth-order valence-corrected chi connectivity index (χ4v) is 2.52. The van der Waals surface area contributed by atoms with Gasteiger partial charge in [-0.3, -0.25) is 4.21 Å². The van der Waals surface area contributed by atoms with Gasteiger partial charge < -0.3 is 5.43 Å². The highest BCUT2D eigenvalue weighted by atomic mass is 32.2. The summed E-state index contributed by atoms with van der Waals surface area (Å²) in [6, 6.07) is 2.83. The maximum atomic E-state index is 11.7. The van der Waals surface area contributed by atoms with E-state index in [1.807, 2.05) is 0 Å². The summed E-state index contributed by atoms with van der Waals surface area (Å²) in [4.78, 5) is 3.83. The molecule has 0 aromatic carbocycles. The molecule has 1 unspecified atom stereocenters. The normalized spacial score (nSPS) is 13.3. The number of nitrogens with one attached hydrogen (secondary N) is 2. The Labute approximate surface area is 102 Å². The van der Waals surface area contributed by atoms with Gasteiger partial charge in [0.05, 0.1) is 0 Å². The van der Waals surface area contributed by atoms with Crippen LogP contribution >= 0.6 is 0 Å². The van der Waals surface area contributed by atoms with Gasteiger partial charge in [-0.2, -0.15) is 0 Å². The zero-order chi connectivity index (χ0) is 12.9. The van der Waals surface area contributed by atoms with E-state index in [4.69, 9.17) is 5.84 Å². The molecule has 0 saturated carbocycles. The third-order valence-corrected chi connectivity index (χ3v) is 4.10. The quantitative estimate of drug-likeness (QED) is 0.455. The smallest absolute Gasteiger partial charge is 0.242 e. The SMILES string of the molecule is CS(=O)CCNS(=O)(=O)c1ccc(NN)nc1. The Bertz CT molecular complexity index is 486. The van der Waals surface area contributed by atoms with Gasteiger partial charge in [0.15, 0.2) is 0 Å². The molecule has 1 heterocycles. The first-order valence-corrected chi connectivity index (χ1v) is 7.89. The summed E-state index contributed by atoms with van der Waals surface area (Å²) in [7, 11) is -4.63. The molecule has 1 atom stereocenters. The molecular weight excluding hydrogens is 264 g/mol. The van der Waals surface area contributed by atoms with Crippen LogP contribution in [0.15, 0.2) is 23.2 Å². The number of nitrogens with two attached hydrogens (primary N) is 1. The predicted molar refractivity (Wildman–Crippen MR) is 66.2 cm³/mol. The number of rotatable bonds is 6. The molecule has 0 aliphatic rings. The van der Waals surface area contributed by atoms with Crippen molar-refractivity contribution in [3.05, 3.63) is 18.3 Å². The van der Waals surface area contributed by atoms with Crippen LogP contribution < -0.4 is 16.0 Å². The summed E-state index contributed by atoms with van der Waals surface area (Å²) in [5, 5.41) is 0. The maximum absolute atomic E-state index is 11.7. The first-order valence-electron chi connectivity index (χ1n) is 4.68. The second kappa shape index (κ2) is 6.05. The Kier molecular flexibility index (Phi) is 5.00. The van der Waals surface area contributed by atoms with E-state index >= 15 is 0 Å². The highest BCUT2D eigenvalue weighted by molar-refractivity contribution is 7.89. The van der Waals surface area contributed by atoms with E-state index in [0.29, 0.717) is 5.82 Å². The molecule has 0 amide bonds. The summed E-state index contributed by atoms with van der Waals surface area (Å²) in [5.74, 6) is 5.76. The Morgan fingerprint density at radius 1 is 1.47 bits per heavy atom. The average molecular weight is 278 g/mol. The minimum absolute atomic E-state index is 0.0402. The van der Waals surface area contributed by atoms with E-state index in [-0.39, 0.29) is 17.2 Å². The van der Waals surface area contributed by atoms with Gasteiger partial charge in [0.25, 0.3) is 0 Å². The molecular formula is C8H14N4O3S2. The lowest BCUT2D eigenvalue weighted by molar-refractivity contribution is 0.583. The highest BCUT2D eigenvalue weighted by Crippen LogP contribution is 2.09. The van der Waals surface area contributed by atoms with Crippen molar-refractivity contribution in [2.45, 2.75) is 4.90 Å². The van der Waals surface area contributed by atoms with Crippen LogP contribution in [0.2, 0.25) is 0 Å². The summed E-state index contributed by atoms with van der Waals surface area (Å²) in [6.45, 7) is 0.127. The van der Waals surface area contributed by atoms with Crippen LogP contribution in [-0.4, -0.2) is 36.2 Å². The highest BCUT2D eigenvalue weighted by Gasteiger charge is 2.13. The van der Waals surface area contributed by atoms with Crippen LogP contribution in [0.1, 0.15) is 0 Å². The Morgan fingerprint density at radius 2 is 2.18 bits per heavy atom. The molecule has 1 aromatic heterocycles. The Morgan fingerprint density at radius 3 is 2.65 bits per heavy atom. The van der Waals surface area contributed by atoms with Crippen molar-refractivity contribution < 1.29 is 12.6 Å². The van der Waals surface area contributed by atoms with Crippen LogP contribution in [0.5, 0.6) is 0 Å². The molecule has 1 rings (SSSR count). The second-order valence-electron chi connectivity index (χ2n) is 3.20. The Hall–Kier alpha value is -1.03. The fourth-order valence-electron chi connectivity index (χ4n) is 1.03. The van der Waals surface area contributed by atoms with Crippen molar-refractivity contribution in [1.82, 2.24) is 9.71 Å². The van der Waals surface area contributed by atoms with E-state index < -0.39 is 20.8 Å². The number of hydrogen-bond acceptors (Lipinski definition) is 6. The minimum Gasteiger partial charge on any atom is -0.308 e. The van der Waals surface area contributed by atoms with Crippen molar-refractivity contribution in [3.8, 4) is 0 Å². The van der Waals surface area contributed by atoms with E-state index in [2.05, 4.69) is 15.1 Å². The van der Waals surface area contributed by atoms with Crippen LogP contribution in [0.4, 0.5) is 5.82 Å². The fraction of sp³-hybridized carbons (Fsp3) is 0.375. The minimum atomic E-state index is -3.60. The molecule has 9 heteroatoms. The molecule has 0 spiro atoms. The van der Waals surface area contributed by atoms with Crippen LogP contribution in [-0.2, 0) is 20.8 Å². The lowest BCUT2D eigenvalue weighted by Gasteiger charge is -2.06. The lowest BCUT2D eigenvalue weighted by atomic mass is 10.5. The topological polar surface area (TPSA) is 114 Å². The zero-order valence-corrected chi connectivity index (χ0v) is 10.8. The summed E-state index contributed by atoms with van der Waals surface area (Å²) in [6.07, 6.45) is 2.71. The third-order valence-electron chi connectivity index (χ3n) is 1.88. The maximum Gasteiger partial charge on any atom is 0.242 e. The summed E-state index contributed by atoms with van der Waals surface area (Å²) < 4.78 is 36.5. The molecule has 0 aliphatic heterocycles. The van der Waals surface area contributed by atoms with Gasteiger partial charge in [-0.15, -0.1) is 0 Å². The second-order valence-corrected chi connectivity index (χ2v) is 6.52. The van der Waals surface area contributed by atoms with E-state index in [0.717, 1.165) is 0 Å². The van der Waals surface area contributed by atoms with Gasteiger partial charge in [-0.25, -0.2) is 24.0 Å². The van der Waals surface area contributed by atoms with Gasteiger partial charge in [0.2, 0.25) is 10.0 Å². The predicted octanol–water partition coefficient (Wildman–Crippen LogP) is -0.976. The van der Waals surface area contributed by atoms with E-state index in [1.54, 1.807) is 0 Å².